The Morgan fingerprint density at radius 3 is 2.32 bits per heavy atom. The van der Waals surface area contributed by atoms with Gasteiger partial charge in [0.1, 0.15) is 6.54 Å². The highest BCUT2D eigenvalue weighted by molar-refractivity contribution is 6.42. The van der Waals surface area contributed by atoms with E-state index in [-0.39, 0.29) is 21.2 Å². The van der Waals surface area contributed by atoms with E-state index in [9.17, 15) is 14.4 Å². The van der Waals surface area contributed by atoms with Gasteiger partial charge in [-0.1, -0.05) is 46.9 Å². The van der Waals surface area contributed by atoms with Crippen molar-refractivity contribution in [1.82, 2.24) is 5.32 Å². The van der Waals surface area contributed by atoms with Gasteiger partial charge in [-0.3, -0.25) is 14.4 Å². The van der Waals surface area contributed by atoms with Gasteiger partial charge in [-0.2, -0.15) is 0 Å². The fraction of sp³-hybridized carbons (Fsp3) is 0.118. The summed E-state index contributed by atoms with van der Waals surface area (Å²) in [5.74, 6) is -1.71. The first kappa shape index (κ1) is 19.2. The lowest BCUT2D eigenvalue weighted by molar-refractivity contribution is -0.141. The van der Waals surface area contributed by atoms with E-state index in [2.05, 4.69) is 5.32 Å². The Bertz CT molecular complexity index is 823. The lowest BCUT2D eigenvalue weighted by Crippen LogP contribution is -2.31. The number of hydrogen-bond donors (Lipinski definition) is 1. The van der Waals surface area contributed by atoms with Crippen molar-refractivity contribution >= 4 is 52.5 Å². The quantitative estimate of drug-likeness (QED) is 0.591. The number of carbonyl (C=O) groups is 3. The lowest BCUT2D eigenvalue weighted by Gasteiger charge is -2.07. The van der Waals surface area contributed by atoms with Gasteiger partial charge in [0.25, 0.3) is 5.91 Å². The Hall–Kier alpha value is -2.08. The molecular formula is C17H12Cl3NO4. The highest BCUT2D eigenvalue weighted by Crippen LogP contribution is 2.22. The number of nitrogens with one attached hydrogen (secondary N) is 1. The third-order valence-electron chi connectivity index (χ3n) is 3.11. The summed E-state index contributed by atoms with van der Waals surface area (Å²) < 4.78 is 4.83. The van der Waals surface area contributed by atoms with Crippen LogP contribution >= 0.6 is 34.8 Å². The van der Waals surface area contributed by atoms with Gasteiger partial charge in [-0.05, 0) is 30.3 Å². The average molecular weight is 401 g/mol. The standard InChI is InChI=1S/C17H12Cl3NO4/c18-12-4-2-1-3-11(12)15(22)9-25-16(23)8-21-17(24)10-5-6-13(19)14(20)7-10/h1-7H,8-9H2,(H,21,24). The van der Waals surface area contributed by atoms with Gasteiger partial charge in [0, 0.05) is 11.1 Å². The third kappa shape index (κ3) is 5.46. The molecule has 2 aromatic carbocycles. The van der Waals surface area contributed by atoms with E-state index in [1.807, 2.05) is 0 Å². The van der Waals surface area contributed by atoms with Crippen LogP contribution in [0.1, 0.15) is 20.7 Å². The third-order valence-corrected chi connectivity index (χ3v) is 4.18. The zero-order chi connectivity index (χ0) is 18.4. The number of halogens is 3. The van der Waals surface area contributed by atoms with Crippen LogP contribution in [0, 0.1) is 0 Å². The first-order valence-corrected chi connectivity index (χ1v) is 8.18. The maximum atomic E-state index is 11.9. The largest absolute Gasteiger partial charge is 0.456 e. The smallest absolute Gasteiger partial charge is 0.325 e. The van der Waals surface area contributed by atoms with Crippen LogP contribution in [0.15, 0.2) is 42.5 Å². The van der Waals surface area contributed by atoms with Crippen molar-refractivity contribution in [1.29, 1.82) is 0 Å². The number of Topliss-reactive ketones (excluding diaryl/α,β-unsaturated/α-hetero) is 1. The molecule has 0 saturated carbocycles. The van der Waals surface area contributed by atoms with E-state index in [1.165, 1.54) is 24.3 Å². The van der Waals surface area contributed by atoms with Gasteiger partial charge in [-0.25, -0.2) is 0 Å². The summed E-state index contributed by atoms with van der Waals surface area (Å²) >= 11 is 17.5. The predicted molar refractivity (Wildman–Crippen MR) is 95.5 cm³/mol. The van der Waals surface area contributed by atoms with Crippen LogP contribution in [0.5, 0.6) is 0 Å². The molecule has 25 heavy (non-hydrogen) atoms. The molecule has 0 unspecified atom stereocenters. The molecule has 0 bridgehead atoms. The maximum Gasteiger partial charge on any atom is 0.325 e. The molecule has 0 spiro atoms. The number of rotatable bonds is 6. The minimum absolute atomic E-state index is 0.224. The van der Waals surface area contributed by atoms with Crippen LogP contribution < -0.4 is 5.32 Å². The molecule has 2 aromatic rings. The zero-order valence-corrected chi connectivity index (χ0v) is 15.0. The molecular weight excluding hydrogens is 389 g/mol. The molecule has 5 nitrogen and oxygen atoms in total. The first-order chi connectivity index (χ1) is 11.9. The molecule has 0 fully saturated rings. The molecule has 1 N–H and O–H groups in total. The van der Waals surface area contributed by atoms with Crippen molar-refractivity contribution in [3.8, 4) is 0 Å². The Morgan fingerprint density at radius 1 is 0.920 bits per heavy atom. The highest BCUT2D eigenvalue weighted by atomic mass is 35.5. The molecule has 130 valence electrons. The van der Waals surface area contributed by atoms with Crippen LogP contribution in [0.3, 0.4) is 0 Å². The molecule has 1 amide bonds. The molecule has 0 aromatic heterocycles. The van der Waals surface area contributed by atoms with E-state index in [0.29, 0.717) is 5.02 Å². The Kier molecular flexibility index (Phi) is 6.82. The van der Waals surface area contributed by atoms with E-state index >= 15 is 0 Å². The van der Waals surface area contributed by atoms with E-state index in [1.54, 1.807) is 18.2 Å². The van der Waals surface area contributed by atoms with Gasteiger partial charge < -0.3 is 10.1 Å². The van der Waals surface area contributed by atoms with Crippen LogP contribution in [0.2, 0.25) is 15.1 Å². The van der Waals surface area contributed by atoms with Crippen molar-refractivity contribution < 1.29 is 19.1 Å². The number of hydrogen-bond acceptors (Lipinski definition) is 4. The molecule has 0 aliphatic heterocycles. The van der Waals surface area contributed by atoms with Crippen molar-refractivity contribution in [2.24, 2.45) is 0 Å². The molecule has 0 aliphatic carbocycles. The molecule has 8 heteroatoms. The normalized spacial score (nSPS) is 10.2. The fourth-order valence-electron chi connectivity index (χ4n) is 1.85. The first-order valence-electron chi connectivity index (χ1n) is 7.05. The van der Waals surface area contributed by atoms with E-state index < -0.39 is 30.8 Å². The van der Waals surface area contributed by atoms with Crippen LogP contribution in [0.25, 0.3) is 0 Å². The number of amides is 1. The van der Waals surface area contributed by atoms with Gasteiger partial charge >= 0.3 is 5.97 Å². The van der Waals surface area contributed by atoms with Gasteiger partial charge in [0.2, 0.25) is 5.78 Å². The molecule has 0 aliphatic rings. The number of ether oxygens (including phenoxy) is 1. The Balaban J connectivity index is 1.82. The van der Waals surface area contributed by atoms with Gasteiger partial charge in [0.15, 0.2) is 6.61 Å². The van der Waals surface area contributed by atoms with Crippen LogP contribution in [0.4, 0.5) is 0 Å². The molecule has 0 saturated heterocycles. The number of benzene rings is 2. The molecule has 2 rings (SSSR count). The summed E-state index contributed by atoms with van der Waals surface area (Å²) in [7, 11) is 0. The zero-order valence-electron chi connectivity index (χ0n) is 12.7. The Morgan fingerprint density at radius 2 is 1.64 bits per heavy atom. The monoisotopic (exact) mass is 399 g/mol. The topological polar surface area (TPSA) is 72.5 Å². The van der Waals surface area contributed by atoms with Crippen molar-refractivity contribution in [2.75, 3.05) is 13.2 Å². The van der Waals surface area contributed by atoms with Crippen molar-refractivity contribution in [3.05, 3.63) is 68.7 Å². The summed E-state index contributed by atoms with van der Waals surface area (Å²) in [6.07, 6.45) is 0. The summed E-state index contributed by atoms with van der Waals surface area (Å²) in [5.41, 5.74) is 0.506. The van der Waals surface area contributed by atoms with Gasteiger partial charge in [-0.15, -0.1) is 0 Å². The van der Waals surface area contributed by atoms with Gasteiger partial charge in [0.05, 0.1) is 15.1 Å². The summed E-state index contributed by atoms with van der Waals surface area (Å²) in [6.45, 7) is -0.861. The van der Waals surface area contributed by atoms with Crippen molar-refractivity contribution in [3.63, 3.8) is 0 Å². The predicted octanol–water partition coefficient (Wildman–Crippen LogP) is 3.80. The van der Waals surface area contributed by atoms with E-state index in [4.69, 9.17) is 39.5 Å². The fourth-order valence-corrected chi connectivity index (χ4v) is 2.39. The van der Waals surface area contributed by atoms with Crippen molar-refractivity contribution in [2.45, 2.75) is 0 Å². The lowest BCUT2D eigenvalue weighted by atomic mass is 10.1. The van der Waals surface area contributed by atoms with Crippen LogP contribution in [-0.2, 0) is 9.53 Å². The minimum Gasteiger partial charge on any atom is -0.456 e. The van der Waals surface area contributed by atoms with E-state index in [0.717, 1.165) is 0 Å². The maximum absolute atomic E-state index is 11.9. The second kappa shape index (κ2) is 8.85. The second-order valence-electron chi connectivity index (χ2n) is 4.88. The number of ketones is 1. The number of esters is 1. The SMILES string of the molecule is O=C(CNC(=O)c1ccc(Cl)c(Cl)c1)OCC(=O)c1ccccc1Cl. The highest BCUT2D eigenvalue weighted by Gasteiger charge is 2.14. The van der Waals surface area contributed by atoms with Crippen LogP contribution in [-0.4, -0.2) is 30.8 Å². The second-order valence-corrected chi connectivity index (χ2v) is 6.10. The summed E-state index contributed by atoms with van der Waals surface area (Å²) in [4.78, 5) is 35.5. The minimum atomic E-state index is -0.756. The summed E-state index contributed by atoms with van der Waals surface area (Å²) in [6, 6.07) is 10.8. The average Bonchev–Trinajstić information content (AvgIpc) is 2.60. The molecule has 0 radical (unpaired) electrons. The molecule has 0 atom stereocenters. The Labute approximate surface area is 158 Å². The number of carbonyl (C=O) groups excluding carboxylic acids is 3. The molecule has 0 heterocycles. The summed E-state index contributed by atoms with van der Waals surface area (Å²) in [5, 5.41) is 3.18.